The molecule has 30 heavy (non-hydrogen) atoms. The molecule has 4 aromatic rings. The minimum atomic E-state index is -0.321. The topological polar surface area (TPSA) is 85.8 Å². The molecule has 0 radical (unpaired) electrons. The van der Waals surface area contributed by atoms with E-state index in [4.69, 9.17) is 4.52 Å². The number of anilines is 1. The van der Waals surface area contributed by atoms with Crippen molar-refractivity contribution in [1.29, 1.82) is 0 Å². The second-order valence-corrected chi connectivity index (χ2v) is 7.38. The monoisotopic (exact) mass is 399 g/mol. The summed E-state index contributed by atoms with van der Waals surface area (Å²) in [5, 5.41) is 15.6. The summed E-state index contributed by atoms with van der Waals surface area (Å²) in [5.41, 5.74) is 2.71. The molecule has 7 nitrogen and oxygen atoms in total. The highest BCUT2D eigenvalue weighted by Gasteiger charge is 2.17. The van der Waals surface area contributed by atoms with E-state index in [1.807, 2.05) is 54.6 Å². The lowest BCUT2D eigenvalue weighted by molar-refractivity contribution is 0.101. The highest BCUT2D eigenvalue weighted by atomic mass is 16.5. The van der Waals surface area contributed by atoms with Crippen LogP contribution in [-0.2, 0) is 13.0 Å². The average Bonchev–Trinajstić information content (AvgIpc) is 3.37. The Morgan fingerprint density at radius 3 is 2.70 bits per heavy atom. The van der Waals surface area contributed by atoms with Crippen LogP contribution in [0.1, 0.15) is 35.6 Å². The van der Waals surface area contributed by atoms with Crippen LogP contribution in [0.25, 0.3) is 22.7 Å². The van der Waals surface area contributed by atoms with Gasteiger partial charge in [-0.1, -0.05) is 54.0 Å². The summed E-state index contributed by atoms with van der Waals surface area (Å²) in [4.78, 5) is 12.7. The maximum atomic E-state index is 12.7. The van der Waals surface area contributed by atoms with Gasteiger partial charge in [0, 0.05) is 35.8 Å². The Hall–Kier alpha value is -3.74. The van der Waals surface area contributed by atoms with Gasteiger partial charge in [-0.3, -0.25) is 4.79 Å². The molecule has 7 heteroatoms. The predicted octanol–water partition coefficient (Wildman–Crippen LogP) is 4.58. The number of hydrogen-bond donors (Lipinski definition) is 1. The van der Waals surface area contributed by atoms with E-state index in [0.29, 0.717) is 11.4 Å². The first-order chi connectivity index (χ1) is 14.8. The molecule has 3 heterocycles. The first-order valence-corrected chi connectivity index (χ1v) is 10.1. The molecule has 0 saturated heterocycles. The van der Waals surface area contributed by atoms with E-state index < -0.39 is 0 Å². The van der Waals surface area contributed by atoms with Gasteiger partial charge in [-0.2, -0.15) is 0 Å². The van der Waals surface area contributed by atoms with Gasteiger partial charge in [-0.05, 0) is 25.0 Å². The molecular formula is C23H21N5O2. The minimum absolute atomic E-state index is 0.232. The molecule has 5 rings (SSSR count). The van der Waals surface area contributed by atoms with Crippen LogP contribution in [0, 0.1) is 0 Å². The third-order valence-electron chi connectivity index (χ3n) is 5.29. The fourth-order valence-electron chi connectivity index (χ4n) is 3.75. The normalized spacial score (nSPS) is 13.5. The van der Waals surface area contributed by atoms with Crippen molar-refractivity contribution in [2.24, 2.45) is 0 Å². The molecule has 2 aromatic carbocycles. The van der Waals surface area contributed by atoms with Crippen LogP contribution in [0.3, 0.4) is 0 Å². The predicted molar refractivity (Wildman–Crippen MR) is 113 cm³/mol. The molecule has 1 aliphatic heterocycles. The Kier molecular flexibility index (Phi) is 4.85. The van der Waals surface area contributed by atoms with Crippen molar-refractivity contribution in [3.63, 3.8) is 0 Å². The number of nitrogens with zero attached hydrogens (tertiary/aromatic N) is 4. The lowest BCUT2D eigenvalue weighted by Gasteiger charge is -2.09. The van der Waals surface area contributed by atoms with Gasteiger partial charge >= 0.3 is 0 Å². The number of carbonyl (C=O) groups excluding carboxylic acids is 1. The number of fused-ring (bicyclic) bond motifs is 1. The van der Waals surface area contributed by atoms with Crippen molar-refractivity contribution in [2.75, 3.05) is 5.32 Å². The maximum absolute atomic E-state index is 12.7. The van der Waals surface area contributed by atoms with Crippen LogP contribution in [0.2, 0.25) is 0 Å². The zero-order chi connectivity index (χ0) is 20.3. The van der Waals surface area contributed by atoms with Gasteiger partial charge in [0.05, 0.1) is 0 Å². The highest BCUT2D eigenvalue weighted by Crippen LogP contribution is 2.25. The lowest BCUT2D eigenvalue weighted by Crippen LogP contribution is -2.12. The molecule has 1 N–H and O–H groups in total. The summed E-state index contributed by atoms with van der Waals surface area (Å²) in [5.74, 6) is 2.11. The third kappa shape index (κ3) is 3.61. The fourth-order valence-corrected chi connectivity index (χ4v) is 3.75. The molecule has 0 bridgehead atoms. The molecule has 150 valence electrons. The molecule has 0 fully saturated rings. The van der Waals surface area contributed by atoms with E-state index in [1.54, 1.807) is 6.07 Å². The van der Waals surface area contributed by atoms with Gasteiger partial charge in [0.15, 0.2) is 17.3 Å². The molecule has 0 aliphatic carbocycles. The lowest BCUT2D eigenvalue weighted by atomic mass is 10.1. The molecule has 0 atom stereocenters. The number of benzene rings is 2. The second kappa shape index (κ2) is 7.94. The first kappa shape index (κ1) is 18.3. The first-order valence-electron chi connectivity index (χ1n) is 10.1. The zero-order valence-corrected chi connectivity index (χ0v) is 16.4. The van der Waals surface area contributed by atoms with Crippen molar-refractivity contribution < 1.29 is 9.32 Å². The second-order valence-electron chi connectivity index (χ2n) is 7.38. The van der Waals surface area contributed by atoms with Crippen LogP contribution < -0.4 is 5.32 Å². The van der Waals surface area contributed by atoms with Crippen LogP contribution in [0.15, 0.2) is 65.2 Å². The fraction of sp³-hybridized carbons (Fsp3) is 0.217. The summed E-state index contributed by atoms with van der Waals surface area (Å²) in [6.07, 6.45) is 4.45. The largest absolute Gasteiger partial charge is 0.355 e. The molecular weight excluding hydrogens is 378 g/mol. The van der Waals surface area contributed by atoms with Gasteiger partial charge in [-0.15, -0.1) is 10.2 Å². The minimum Gasteiger partial charge on any atom is -0.355 e. The molecule has 1 amide bonds. The SMILES string of the molecule is O=C(Nc1cccc(-c2nnc3n2CCCCC3)c1)c1cc(-c2ccccc2)on1. The van der Waals surface area contributed by atoms with Gasteiger partial charge in [-0.25, -0.2) is 0 Å². The van der Waals surface area contributed by atoms with E-state index >= 15 is 0 Å². The number of amides is 1. The van der Waals surface area contributed by atoms with E-state index in [2.05, 4.69) is 25.2 Å². The average molecular weight is 399 g/mol. The van der Waals surface area contributed by atoms with E-state index in [9.17, 15) is 4.79 Å². The zero-order valence-electron chi connectivity index (χ0n) is 16.4. The van der Waals surface area contributed by atoms with E-state index in [1.165, 1.54) is 6.42 Å². The molecule has 2 aromatic heterocycles. The van der Waals surface area contributed by atoms with Crippen molar-refractivity contribution in [3.05, 3.63) is 72.2 Å². The third-order valence-corrected chi connectivity index (χ3v) is 5.29. The number of aryl methyl sites for hydroxylation is 1. The van der Waals surface area contributed by atoms with Crippen LogP contribution in [0.4, 0.5) is 5.69 Å². The Bertz CT molecular complexity index is 1180. The number of carbonyl (C=O) groups is 1. The van der Waals surface area contributed by atoms with Crippen LogP contribution >= 0.6 is 0 Å². The maximum Gasteiger partial charge on any atom is 0.277 e. The number of aromatic nitrogens is 4. The Labute approximate surface area is 173 Å². The Balaban J connectivity index is 1.36. The van der Waals surface area contributed by atoms with Gasteiger partial charge in [0.2, 0.25) is 0 Å². The van der Waals surface area contributed by atoms with Crippen molar-refractivity contribution >= 4 is 11.6 Å². The number of rotatable bonds is 4. The summed E-state index contributed by atoms with van der Waals surface area (Å²) in [7, 11) is 0. The standard InChI is InChI=1S/C23H21N5O2/c29-23(19-15-20(30-27-19)16-8-3-1-4-9-16)24-18-11-7-10-17(14-18)22-26-25-21-12-5-2-6-13-28(21)22/h1,3-4,7-11,14-15H,2,5-6,12-13H2,(H,24,29). The molecule has 0 saturated carbocycles. The summed E-state index contributed by atoms with van der Waals surface area (Å²) in [6, 6.07) is 18.9. The van der Waals surface area contributed by atoms with Gasteiger partial charge in [0.25, 0.3) is 5.91 Å². The summed E-state index contributed by atoms with van der Waals surface area (Å²) < 4.78 is 7.53. The summed E-state index contributed by atoms with van der Waals surface area (Å²) in [6.45, 7) is 0.926. The number of hydrogen-bond acceptors (Lipinski definition) is 5. The van der Waals surface area contributed by atoms with Crippen LogP contribution in [-0.4, -0.2) is 25.8 Å². The van der Waals surface area contributed by atoms with Crippen molar-refractivity contribution in [2.45, 2.75) is 32.2 Å². The molecule has 0 unspecified atom stereocenters. The Morgan fingerprint density at radius 2 is 1.80 bits per heavy atom. The van der Waals surface area contributed by atoms with Crippen molar-refractivity contribution in [3.8, 4) is 22.7 Å². The van der Waals surface area contributed by atoms with Crippen LogP contribution in [0.5, 0.6) is 0 Å². The summed E-state index contributed by atoms with van der Waals surface area (Å²) >= 11 is 0. The van der Waals surface area contributed by atoms with E-state index in [-0.39, 0.29) is 11.6 Å². The van der Waals surface area contributed by atoms with Crippen molar-refractivity contribution in [1.82, 2.24) is 19.9 Å². The van der Waals surface area contributed by atoms with Gasteiger partial charge < -0.3 is 14.4 Å². The number of nitrogens with one attached hydrogen (secondary N) is 1. The highest BCUT2D eigenvalue weighted by molar-refractivity contribution is 6.03. The quantitative estimate of drug-likeness (QED) is 0.543. The smallest absolute Gasteiger partial charge is 0.277 e. The van der Waals surface area contributed by atoms with Gasteiger partial charge in [0.1, 0.15) is 5.82 Å². The molecule has 1 aliphatic rings. The van der Waals surface area contributed by atoms with E-state index in [0.717, 1.165) is 48.6 Å². The Morgan fingerprint density at radius 1 is 0.933 bits per heavy atom. The molecule has 0 spiro atoms.